The fraction of sp³-hybridized carbons (Fsp3) is 0.500. The third-order valence-electron chi connectivity index (χ3n) is 3.28. The van der Waals surface area contributed by atoms with Gasteiger partial charge in [-0.1, -0.05) is 18.2 Å². The molecule has 1 aliphatic rings. The van der Waals surface area contributed by atoms with Gasteiger partial charge in [0.15, 0.2) is 0 Å². The van der Waals surface area contributed by atoms with Gasteiger partial charge in [0.2, 0.25) is 0 Å². The molecule has 3 nitrogen and oxygen atoms in total. The van der Waals surface area contributed by atoms with Crippen LogP contribution < -0.4 is 10.1 Å². The highest BCUT2D eigenvalue weighted by Gasteiger charge is 2.21. The highest BCUT2D eigenvalue weighted by atomic mass is 16.5. The van der Waals surface area contributed by atoms with Gasteiger partial charge in [-0.3, -0.25) is 4.79 Å². The zero-order chi connectivity index (χ0) is 12.1. The Labute approximate surface area is 102 Å². The molecule has 1 N–H and O–H groups in total. The first-order valence-corrected chi connectivity index (χ1v) is 6.19. The number of benzene rings is 1. The molecule has 1 saturated heterocycles. The van der Waals surface area contributed by atoms with E-state index in [0.29, 0.717) is 12.2 Å². The summed E-state index contributed by atoms with van der Waals surface area (Å²) < 4.78 is 5.28. The van der Waals surface area contributed by atoms with E-state index in [4.69, 9.17) is 4.74 Å². The molecule has 17 heavy (non-hydrogen) atoms. The van der Waals surface area contributed by atoms with Gasteiger partial charge >= 0.3 is 0 Å². The Morgan fingerprint density at radius 2 is 2.29 bits per heavy atom. The third kappa shape index (κ3) is 3.07. The Kier molecular flexibility index (Phi) is 4.15. The maximum atomic E-state index is 11.9. The van der Waals surface area contributed by atoms with E-state index < -0.39 is 0 Å². The summed E-state index contributed by atoms with van der Waals surface area (Å²) in [5.41, 5.74) is 1.11. The first-order chi connectivity index (χ1) is 8.31. The van der Waals surface area contributed by atoms with Gasteiger partial charge in [-0.15, -0.1) is 0 Å². The quantitative estimate of drug-likeness (QED) is 0.844. The summed E-state index contributed by atoms with van der Waals surface area (Å²) in [6.45, 7) is 0.977. The van der Waals surface area contributed by atoms with Crippen LogP contribution in [0, 0.1) is 0 Å². The molecule has 1 aromatic rings. The van der Waals surface area contributed by atoms with Crippen molar-refractivity contribution in [3.05, 3.63) is 29.8 Å². The molecule has 1 aliphatic heterocycles. The average molecular weight is 233 g/mol. The second kappa shape index (κ2) is 5.82. The predicted molar refractivity (Wildman–Crippen MR) is 67.3 cm³/mol. The van der Waals surface area contributed by atoms with Crippen molar-refractivity contribution in [1.82, 2.24) is 5.32 Å². The van der Waals surface area contributed by atoms with Crippen LogP contribution in [-0.4, -0.2) is 25.5 Å². The number of rotatable bonds is 5. The molecule has 0 amide bonds. The first-order valence-electron chi connectivity index (χ1n) is 6.19. The van der Waals surface area contributed by atoms with Crippen molar-refractivity contribution in [2.75, 3.05) is 13.7 Å². The molecule has 0 saturated carbocycles. The standard InChI is InChI=1S/C14H19NO2/c1-17-14-7-3-2-5-11(14)8-9-13(16)12-6-4-10-15-12/h2-3,5,7,12,15H,4,6,8-10H2,1H3. The molecule has 1 aromatic carbocycles. The summed E-state index contributed by atoms with van der Waals surface area (Å²) >= 11 is 0. The van der Waals surface area contributed by atoms with Crippen molar-refractivity contribution < 1.29 is 9.53 Å². The molecule has 3 heteroatoms. The van der Waals surface area contributed by atoms with E-state index in [1.165, 1.54) is 0 Å². The van der Waals surface area contributed by atoms with Crippen LogP contribution in [0.1, 0.15) is 24.8 Å². The van der Waals surface area contributed by atoms with Crippen LogP contribution in [0.2, 0.25) is 0 Å². The van der Waals surface area contributed by atoms with Gasteiger partial charge in [0.25, 0.3) is 0 Å². The summed E-state index contributed by atoms with van der Waals surface area (Å²) in [7, 11) is 1.67. The molecule has 1 atom stereocenters. The highest BCUT2D eigenvalue weighted by molar-refractivity contribution is 5.84. The topological polar surface area (TPSA) is 38.3 Å². The van der Waals surface area contributed by atoms with Gasteiger partial charge in [-0.25, -0.2) is 0 Å². The predicted octanol–water partition coefficient (Wildman–Crippen LogP) is 1.95. The molecular formula is C14H19NO2. The molecule has 0 aliphatic carbocycles. The lowest BCUT2D eigenvalue weighted by Crippen LogP contribution is -2.30. The lowest BCUT2D eigenvalue weighted by Gasteiger charge is -2.10. The second-order valence-corrected chi connectivity index (χ2v) is 4.43. The van der Waals surface area contributed by atoms with Crippen molar-refractivity contribution in [1.29, 1.82) is 0 Å². The third-order valence-corrected chi connectivity index (χ3v) is 3.28. The lowest BCUT2D eigenvalue weighted by molar-refractivity contribution is -0.120. The monoisotopic (exact) mass is 233 g/mol. The smallest absolute Gasteiger partial charge is 0.150 e. The van der Waals surface area contributed by atoms with E-state index in [-0.39, 0.29) is 6.04 Å². The van der Waals surface area contributed by atoms with E-state index >= 15 is 0 Å². The van der Waals surface area contributed by atoms with E-state index in [0.717, 1.165) is 37.1 Å². The van der Waals surface area contributed by atoms with Gasteiger partial charge < -0.3 is 10.1 Å². The van der Waals surface area contributed by atoms with Crippen molar-refractivity contribution >= 4 is 5.78 Å². The van der Waals surface area contributed by atoms with Crippen LogP contribution in [-0.2, 0) is 11.2 Å². The molecule has 0 bridgehead atoms. The van der Waals surface area contributed by atoms with E-state index in [2.05, 4.69) is 5.32 Å². The van der Waals surface area contributed by atoms with Gasteiger partial charge in [0.05, 0.1) is 13.2 Å². The second-order valence-electron chi connectivity index (χ2n) is 4.43. The zero-order valence-electron chi connectivity index (χ0n) is 10.2. The number of aryl methyl sites for hydroxylation is 1. The average Bonchev–Trinajstić information content (AvgIpc) is 2.90. The summed E-state index contributed by atoms with van der Waals surface area (Å²) in [4.78, 5) is 11.9. The number of ether oxygens (including phenoxy) is 1. The van der Waals surface area contributed by atoms with Crippen LogP contribution >= 0.6 is 0 Å². The molecule has 0 aromatic heterocycles. The molecular weight excluding hydrogens is 214 g/mol. The number of hydrogen-bond acceptors (Lipinski definition) is 3. The van der Waals surface area contributed by atoms with Crippen LogP contribution in [0.4, 0.5) is 0 Å². The maximum Gasteiger partial charge on any atom is 0.150 e. The number of carbonyl (C=O) groups is 1. The largest absolute Gasteiger partial charge is 0.496 e. The van der Waals surface area contributed by atoms with Gasteiger partial charge in [0.1, 0.15) is 11.5 Å². The highest BCUT2D eigenvalue weighted by Crippen LogP contribution is 2.19. The Hall–Kier alpha value is -1.35. The summed E-state index contributed by atoms with van der Waals surface area (Å²) in [5.74, 6) is 1.20. The fourth-order valence-electron chi connectivity index (χ4n) is 2.30. The van der Waals surface area contributed by atoms with Gasteiger partial charge in [0, 0.05) is 6.42 Å². The SMILES string of the molecule is COc1ccccc1CCC(=O)C1CCCN1. The number of para-hydroxylation sites is 1. The van der Waals surface area contributed by atoms with Crippen LogP contribution in [0.15, 0.2) is 24.3 Å². The minimum Gasteiger partial charge on any atom is -0.496 e. The molecule has 1 fully saturated rings. The number of nitrogens with one attached hydrogen (secondary N) is 1. The van der Waals surface area contributed by atoms with Gasteiger partial charge in [-0.2, -0.15) is 0 Å². The fourth-order valence-corrected chi connectivity index (χ4v) is 2.30. The molecule has 0 spiro atoms. The van der Waals surface area contributed by atoms with Crippen LogP contribution in [0.5, 0.6) is 5.75 Å². The number of carbonyl (C=O) groups excluding carboxylic acids is 1. The molecule has 2 rings (SSSR count). The Morgan fingerprint density at radius 1 is 1.47 bits per heavy atom. The lowest BCUT2D eigenvalue weighted by atomic mass is 10.0. The summed E-state index contributed by atoms with van der Waals surface area (Å²) in [5, 5.41) is 3.24. The first kappa shape index (κ1) is 12.1. The van der Waals surface area contributed by atoms with Crippen molar-refractivity contribution in [3.63, 3.8) is 0 Å². The van der Waals surface area contributed by atoms with Crippen LogP contribution in [0.3, 0.4) is 0 Å². The van der Waals surface area contributed by atoms with E-state index in [9.17, 15) is 4.79 Å². The molecule has 0 radical (unpaired) electrons. The van der Waals surface area contributed by atoms with E-state index in [1.807, 2.05) is 24.3 Å². The summed E-state index contributed by atoms with van der Waals surface area (Å²) in [6.07, 6.45) is 3.47. The van der Waals surface area contributed by atoms with Crippen molar-refractivity contribution in [2.45, 2.75) is 31.7 Å². The minimum absolute atomic E-state index is 0.0877. The minimum atomic E-state index is 0.0877. The maximum absolute atomic E-state index is 11.9. The Morgan fingerprint density at radius 3 is 3.00 bits per heavy atom. The summed E-state index contributed by atoms with van der Waals surface area (Å²) in [6, 6.07) is 7.98. The number of Topliss-reactive ketones (excluding diaryl/α,β-unsaturated/α-hetero) is 1. The molecule has 1 heterocycles. The normalized spacial score (nSPS) is 19.2. The van der Waals surface area contributed by atoms with Gasteiger partial charge in [-0.05, 0) is 37.4 Å². The van der Waals surface area contributed by atoms with E-state index in [1.54, 1.807) is 7.11 Å². The van der Waals surface area contributed by atoms with Crippen molar-refractivity contribution in [2.24, 2.45) is 0 Å². The number of methoxy groups -OCH3 is 1. The number of ketones is 1. The Bertz CT molecular complexity index is 384. The zero-order valence-corrected chi connectivity index (χ0v) is 10.2. The molecule has 92 valence electrons. The molecule has 1 unspecified atom stereocenters. The number of hydrogen-bond donors (Lipinski definition) is 1. The van der Waals surface area contributed by atoms with Crippen molar-refractivity contribution in [3.8, 4) is 5.75 Å². The van der Waals surface area contributed by atoms with Crippen LogP contribution in [0.25, 0.3) is 0 Å². The Balaban J connectivity index is 1.90.